The smallest absolute Gasteiger partial charge is 0.240 e. The van der Waals surface area contributed by atoms with Crippen LogP contribution in [0.2, 0.25) is 5.02 Å². The Hall–Kier alpha value is -2.09. The highest BCUT2D eigenvalue weighted by Crippen LogP contribution is 2.15. The number of aryl methyl sites for hydroxylation is 1. The molecule has 2 aromatic carbocycles. The minimum absolute atomic E-state index is 0.0865. The third-order valence-electron chi connectivity index (χ3n) is 3.65. The van der Waals surface area contributed by atoms with Crippen LogP contribution in [-0.2, 0) is 21.2 Å². The van der Waals surface area contributed by atoms with Crippen LogP contribution in [0, 0.1) is 0 Å². The summed E-state index contributed by atoms with van der Waals surface area (Å²) < 4.78 is 31.1. The van der Waals surface area contributed by atoms with E-state index in [0.29, 0.717) is 36.8 Å². The van der Waals surface area contributed by atoms with Crippen molar-refractivity contribution >= 4 is 27.5 Å². The molecule has 2 N–H and O–H groups in total. The molecule has 0 saturated carbocycles. The molecule has 2 aromatic rings. The standard InChI is InChI=1S/C18H21ClN2O4S/c1-20-26(23,24)17-9-2-14(3-10-17)4-11-18(22)21-12-13-25-16-7-5-15(19)6-8-16/h2-3,5-10,20H,4,11-13H2,1H3,(H,21,22). The Morgan fingerprint density at radius 2 is 1.73 bits per heavy atom. The van der Waals surface area contributed by atoms with Crippen LogP contribution in [0.15, 0.2) is 53.4 Å². The summed E-state index contributed by atoms with van der Waals surface area (Å²) in [6.45, 7) is 0.769. The molecule has 0 saturated heterocycles. The Morgan fingerprint density at radius 3 is 2.35 bits per heavy atom. The van der Waals surface area contributed by atoms with Crippen LogP contribution in [0.1, 0.15) is 12.0 Å². The van der Waals surface area contributed by atoms with Crippen LogP contribution in [-0.4, -0.2) is 34.5 Å². The highest BCUT2D eigenvalue weighted by Gasteiger charge is 2.10. The lowest BCUT2D eigenvalue weighted by atomic mass is 10.1. The summed E-state index contributed by atoms with van der Waals surface area (Å²) in [6.07, 6.45) is 0.850. The van der Waals surface area contributed by atoms with Gasteiger partial charge in [0.1, 0.15) is 12.4 Å². The largest absolute Gasteiger partial charge is 0.492 e. The quantitative estimate of drug-likeness (QED) is 0.637. The van der Waals surface area contributed by atoms with Crippen molar-refractivity contribution in [3.05, 3.63) is 59.1 Å². The van der Waals surface area contributed by atoms with Crippen molar-refractivity contribution in [2.24, 2.45) is 0 Å². The third-order valence-corrected chi connectivity index (χ3v) is 5.33. The Morgan fingerprint density at radius 1 is 1.08 bits per heavy atom. The number of ether oxygens (including phenoxy) is 1. The molecule has 0 aliphatic heterocycles. The van der Waals surface area contributed by atoms with Gasteiger partial charge in [-0.1, -0.05) is 23.7 Å². The molecule has 6 nitrogen and oxygen atoms in total. The van der Waals surface area contributed by atoms with Gasteiger partial charge < -0.3 is 10.1 Å². The maximum atomic E-state index is 11.9. The number of hydrogen-bond acceptors (Lipinski definition) is 4. The van der Waals surface area contributed by atoms with E-state index in [1.54, 1.807) is 36.4 Å². The molecule has 8 heteroatoms. The normalized spacial score (nSPS) is 11.2. The molecule has 1 amide bonds. The number of sulfonamides is 1. The lowest BCUT2D eigenvalue weighted by molar-refractivity contribution is -0.121. The molecular formula is C18H21ClN2O4S. The second kappa shape index (κ2) is 9.56. The Kier molecular flexibility index (Phi) is 7.44. The molecule has 0 atom stereocenters. The number of carbonyl (C=O) groups is 1. The van der Waals surface area contributed by atoms with Gasteiger partial charge in [0.05, 0.1) is 11.4 Å². The van der Waals surface area contributed by atoms with Crippen LogP contribution >= 0.6 is 11.6 Å². The lowest BCUT2D eigenvalue weighted by Gasteiger charge is -2.08. The Bertz CT molecular complexity index is 821. The van der Waals surface area contributed by atoms with Crippen LogP contribution < -0.4 is 14.8 Å². The van der Waals surface area contributed by atoms with Gasteiger partial charge in [-0.25, -0.2) is 13.1 Å². The fourth-order valence-corrected chi connectivity index (χ4v) is 3.05. The van der Waals surface area contributed by atoms with E-state index in [1.807, 2.05) is 0 Å². The van der Waals surface area contributed by atoms with Crippen molar-refractivity contribution < 1.29 is 17.9 Å². The molecule has 26 heavy (non-hydrogen) atoms. The average molecular weight is 397 g/mol. The van der Waals surface area contributed by atoms with Gasteiger partial charge in [0.15, 0.2) is 0 Å². The summed E-state index contributed by atoms with van der Waals surface area (Å²) >= 11 is 5.79. The van der Waals surface area contributed by atoms with E-state index >= 15 is 0 Å². The fourth-order valence-electron chi connectivity index (χ4n) is 2.19. The van der Waals surface area contributed by atoms with E-state index in [4.69, 9.17) is 16.3 Å². The molecule has 0 unspecified atom stereocenters. The Labute approximate surface area is 158 Å². The zero-order valence-corrected chi connectivity index (χ0v) is 15.9. The predicted molar refractivity (Wildman–Crippen MR) is 101 cm³/mol. The zero-order chi connectivity index (χ0) is 19.0. The number of carbonyl (C=O) groups excluding carboxylic acids is 1. The summed E-state index contributed by atoms with van der Waals surface area (Å²) in [6, 6.07) is 13.5. The SMILES string of the molecule is CNS(=O)(=O)c1ccc(CCC(=O)NCCOc2ccc(Cl)cc2)cc1. The maximum absolute atomic E-state index is 11.9. The average Bonchev–Trinajstić information content (AvgIpc) is 2.65. The number of benzene rings is 2. The van der Waals surface area contributed by atoms with Gasteiger partial charge >= 0.3 is 0 Å². The number of halogens is 1. The molecule has 0 aliphatic carbocycles. The van der Waals surface area contributed by atoms with Crippen molar-refractivity contribution in [3.8, 4) is 5.75 Å². The van der Waals surface area contributed by atoms with Crippen LogP contribution in [0.5, 0.6) is 5.75 Å². The summed E-state index contributed by atoms with van der Waals surface area (Å²) in [5.74, 6) is 0.608. The van der Waals surface area contributed by atoms with Gasteiger partial charge in [0, 0.05) is 11.4 Å². The van der Waals surface area contributed by atoms with E-state index in [-0.39, 0.29) is 10.8 Å². The van der Waals surface area contributed by atoms with Crippen molar-refractivity contribution in [1.82, 2.24) is 10.0 Å². The van der Waals surface area contributed by atoms with Gasteiger partial charge in [0.25, 0.3) is 0 Å². The molecule has 0 fully saturated rings. The second-order valence-corrected chi connectivity index (χ2v) is 7.83. The first-order valence-electron chi connectivity index (χ1n) is 8.08. The van der Waals surface area contributed by atoms with E-state index < -0.39 is 10.0 Å². The van der Waals surface area contributed by atoms with Crippen LogP contribution in [0.4, 0.5) is 0 Å². The number of nitrogens with one attached hydrogen (secondary N) is 2. The van der Waals surface area contributed by atoms with Crippen molar-refractivity contribution in [3.63, 3.8) is 0 Å². The van der Waals surface area contributed by atoms with Gasteiger partial charge in [-0.05, 0) is 55.4 Å². The van der Waals surface area contributed by atoms with E-state index in [0.717, 1.165) is 5.56 Å². The Balaban J connectivity index is 1.69. The third kappa shape index (κ3) is 6.33. The van der Waals surface area contributed by atoms with Crippen molar-refractivity contribution in [2.75, 3.05) is 20.2 Å². The fraction of sp³-hybridized carbons (Fsp3) is 0.278. The van der Waals surface area contributed by atoms with Crippen LogP contribution in [0.3, 0.4) is 0 Å². The van der Waals surface area contributed by atoms with E-state index in [2.05, 4.69) is 10.0 Å². The number of rotatable bonds is 9. The number of amides is 1. The van der Waals surface area contributed by atoms with Crippen molar-refractivity contribution in [1.29, 1.82) is 0 Å². The maximum Gasteiger partial charge on any atom is 0.240 e. The minimum Gasteiger partial charge on any atom is -0.492 e. The number of hydrogen-bond donors (Lipinski definition) is 2. The van der Waals surface area contributed by atoms with Crippen molar-refractivity contribution in [2.45, 2.75) is 17.7 Å². The molecular weight excluding hydrogens is 376 g/mol. The van der Waals surface area contributed by atoms with Gasteiger partial charge in [-0.15, -0.1) is 0 Å². The zero-order valence-electron chi connectivity index (χ0n) is 14.4. The van der Waals surface area contributed by atoms with Gasteiger partial charge in [-0.3, -0.25) is 4.79 Å². The summed E-state index contributed by atoms with van der Waals surface area (Å²) in [5.41, 5.74) is 0.896. The lowest BCUT2D eigenvalue weighted by Crippen LogP contribution is -2.28. The molecule has 0 aromatic heterocycles. The van der Waals surface area contributed by atoms with E-state index in [1.165, 1.54) is 19.2 Å². The molecule has 0 spiro atoms. The summed E-state index contributed by atoms with van der Waals surface area (Å²) in [4.78, 5) is 12.1. The second-order valence-electron chi connectivity index (χ2n) is 5.50. The molecule has 0 bridgehead atoms. The highest BCUT2D eigenvalue weighted by atomic mass is 35.5. The first-order valence-corrected chi connectivity index (χ1v) is 9.94. The van der Waals surface area contributed by atoms with Crippen LogP contribution in [0.25, 0.3) is 0 Å². The highest BCUT2D eigenvalue weighted by molar-refractivity contribution is 7.89. The monoisotopic (exact) mass is 396 g/mol. The first-order chi connectivity index (χ1) is 12.4. The van der Waals surface area contributed by atoms with Gasteiger partial charge in [0.2, 0.25) is 15.9 Å². The van der Waals surface area contributed by atoms with Gasteiger partial charge in [-0.2, -0.15) is 0 Å². The first kappa shape index (κ1) is 20.2. The predicted octanol–water partition coefficient (Wildman–Crippen LogP) is 2.38. The summed E-state index contributed by atoms with van der Waals surface area (Å²) in [5, 5.41) is 3.42. The molecule has 0 aliphatic rings. The minimum atomic E-state index is -3.44. The topological polar surface area (TPSA) is 84.5 Å². The summed E-state index contributed by atoms with van der Waals surface area (Å²) in [7, 11) is -2.07. The molecule has 140 valence electrons. The molecule has 0 heterocycles. The molecule has 2 rings (SSSR count). The van der Waals surface area contributed by atoms with E-state index in [9.17, 15) is 13.2 Å². The molecule has 0 radical (unpaired) electrons.